The van der Waals surface area contributed by atoms with Crippen molar-refractivity contribution in [3.63, 3.8) is 0 Å². The van der Waals surface area contributed by atoms with Crippen LogP contribution in [0.25, 0.3) is 110 Å². The van der Waals surface area contributed by atoms with Crippen LogP contribution in [0.4, 0.5) is 0 Å². The normalized spacial score (nSPS) is 12.0. The summed E-state index contributed by atoms with van der Waals surface area (Å²) in [7, 11) is 0. The molecule has 0 spiro atoms. The standard InChI is InChI=1S/C51H31N3O/c1-2-16-32(17-3-1)51-52-41-25-11-14-28-44(41)54(51)45-31-30-40(50-48(45)39-24-10-15-29-46(39)55-50)47-35-20-4-6-22-37(35)49(38-23-7-5-21-36(38)47)53-42-26-12-8-18-33(42)34-19-9-13-27-43(34)53/h1-31H. The van der Waals surface area contributed by atoms with Gasteiger partial charge in [-0.15, -0.1) is 0 Å². The molecule has 0 radical (unpaired) electrons. The van der Waals surface area contributed by atoms with E-state index in [0.29, 0.717) is 0 Å². The number of hydrogen-bond donors (Lipinski definition) is 0. The Balaban J connectivity index is 1.22. The summed E-state index contributed by atoms with van der Waals surface area (Å²) in [5.41, 5.74) is 11.6. The lowest BCUT2D eigenvalue weighted by Gasteiger charge is -2.20. The second-order valence-electron chi connectivity index (χ2n) is 14.2. The topological polar surface area (TPSA) is 35.9 Å². The number of hydrogen-bond acceptors (Lipinski definition) is 2. The molecule has 0 atom stereocenters. The van der Waals surface area contributed by atoms with Crippen molar-refractivity contribution in [2.45, 2.75) is 0 Å². The first-order valence-corrected chi connectivity index (χ1v) is 18.7. The van der Waals surface area contributed by atoms with Crippen molar-refractivity contribution in [3.8, 4) is 33.9 Å². The van der Waals surface area contributed by atoms with Crippen LogP contribution in [0.15, 0.2) is 192 Å². The average molecular weight is 702 g/mol. The maximum atomic E-state index is 7.01. The molecule has 0 aliphatic carbocycles. The van der Waals surface area contributed by atoms with Crippen molar-refractivity contribution in [2.24, 2.45) is 0 Å². The lowest BCUT2D eigenvalue weighted by Crippen LogP contribution is -2.00. The maximum Gasteiger partial charge on any atom is 0.145 e. The highest BCUT2D eigenvalue weighted by atomic mass is 16.3. The molecule has 3 heterocycles. The third-order valence-electron chi connectivity index (χ3n) is 11.3. The minimum absolute atomic E-state index is 0.854. The quantitative estimate of drug-likeness (QED) is 0.171. The van der Waals surface area contributed by atoms with Gasteiger partial charge in [-0.3, -0.25) is 4.57 Å². The zero-order valence-corrected chi connectivity index (χ0v) is 29.6. The van der Waals surface area contributed by atoms with Crippen molar-refractivity contribution >= 4 is 76.3 Å². The first-order chi connectivity index (χ1) is 27.3. The van der Waals surface area contributed by atoms with Crippen molar-refractivity contribution in [2.75, 3.05) is 0 Å². The predicted molar refractivity (Wildman–Crippen MR) is 229 cm³/mol. The van der Waals surface area contributed by atoms with Crippen LogP contribution in [-0.4, -0.2) is 14.1 Å². The van der Waals surface area contributed by atoms with Crippen LogP contribution in [-0.2, 0) is 0 Å². The molecule has 0 N–H and O–H groups in total. The van der Waals surface area contributed by atoms with Gasteiger partial charge in [-0.05, 0) is 53.2 Å². The molecule has 0 bridgehead atoms. The van der Waals surface area contributed by atoms with Crippen LogP contribution in [0.2, 0.25) is 0 Å². The molecular formula is C51H31N3O. The van der Waals surface area contributed by atoms with Gasteiger partial charge in [0.25, 0.3) is 0 Å². The Morgan fingerprint density at radius 2 is 0.927 bits per heavy atom. The second-order valence-corrected chi connectivity index (χ2v) is 14.2. The first kappa shape index (κ1) is 30.1. The fourth-order valence-corrected chi connectivity index (χ4v) is 9.04. The molecule has 4 heteroatoms. The van der Waals surface area contributed by atoms with E-state index in [1.54, 1.807) is 0 Å². The Morgan fingerprint density at radius 3 is 1.60 bits per heavy atom. The zero-order chi connectivity index (χ0) is 36.0. The molecular weight excluding hydrogens is 671 g/mol. The molecule has 0 fully saturated rings. The molecule has 0 saturated heterocycles. The van der Waals surface area contributed by atoms with Gasteiger partial charge in [0.15, 0.2) is 0 Å². The molecule has 12 aromatic rings. The molecule has 4 nitrogen and oxygen atoms in total. The summed E-state index contributed by atoms with van der Waals surface area (Å²) >= 11 is 0. The summed E-state index contributed by atoms with van der Waals surface area (Å²) in [5, 5.41) is 9.34. The number of para-hydroxylation sites is 5. The van der Waals surface area contributed by atoms with Gasteiger partial charge < -0.3 is 8.98 Å². The Kier molecular flexibility index (Phi) is 6.31. The highest BCUT2D eigenvalue weighted by Gasteiger charge is 2.25. The molecule has 0 aliphatic heterocycles. The molecule has 0 unspecified atom stereocenters. The number of furan rings is 1. The van der Waals surface area contributed by atoms with Crippen molar-refractivity contribution in [1.29, 1.82) is 0 Å². The minimum Gasteiger partial charge on any atom is -0.455 e. The highest BCUT2D eigenvalue weighted by Crippen LogP contribution is 2.48. The number of aromatic nitrogens is 3. The van der Waals surface area contributed by atoms with E-state index >= 15 is 0 Å². The van der Waals surface area contributed by atoms with E-state index in [0.717, 1.165) is 61.2 Å². The minimum atomic E-state index is 0.854. The van der Waals surface area contributed by atoms with Crippen LogP contribution in [0, 0.1) is 0 Å². The summed E-state index contributed by atoms with van der Waals surface area (Å²) in [6.07, 6.45) is 0. The molecule has 55 heavy (non-hydrogen) atoms. The summed E-state index contributed by atoms with van der Waals surface area (Å²) in [6.45, 7) is 0. The monoisotopic (exact) mass is 701 g/mol. The van der Waals surface area contributed by atoms with E-state index in [2.05, 4.69) is 191 Å². The number of nitrogens with zero attached hydrogens (tertiary/aromatic N) is 3. The van der Waals surface area contributed by atoms with Crippen molar-refractivity contribution in [3.05, 3.63) is 188 Å². The zero-order valence-electron chi connectivity index (χ0n) is 29.6. The van der Waals surface area contributed by atoms with Gasteiger partial charge in [0.05, 0.1) is 38.8 Å². The molecule has 0 saturated carbocycles. The molecule has 9 aromatic carbocycles. The van der Waals surface area contributed by atoms with Crippen molar-refractivity contribution < 1.29 is 4.42 Å². The first-order valence-electron chi connectivity index (χ1n) is 18.7. The number of rotatable bonds is 4. The van der Waals surface area contributed by atoms with Crippen LogP contribution in [0.1, 0.15) is 0 Å². The third-order valence-corrected chi connectivity index (χ3v) is 11.3. The van der Waals surface area contributed by atoms with Crippen molar-refractivity contribution in [1.82, 2.24) is 14.1 Å². The van der Waals surface area contributed by atoms with Gasteiger partial charge >= 0.3 is 0 Å². The van der Waals surface area contributed by atoms with Crippen LogP contribution >= 0.6 is 0 Å². The summed E-state index contributed by atoms with van der Waals surface area (Å²) in [5.74, 6) is 0.896. The number of fused-ring (bicyclic) bond motifs is 9. The smallest absolute Gasteiger partial charge is 0.145 e. The molecule has 3 aromatic heterocycles. The van der Waals surface area contributed by atoms with E-state index < -0.39 is 0 Å². The van der Waals surface area contributed by atoms with Crippen LogP contribution in [0.3, 0.4) is 0 Å². The SMILES string of the molecule is c1ccc(-c2nc3ccccc3n2-c2ccc(-c3c4ccccc4c(-n4c5ccccc5c5ccccc54)c4ccccc34)c3oc4ccccc4c23)cc1. The van der Waals surface area contributed by atoms with Gasteiger partial charge in [-0.25, -0.2) is 4.98 Å². The molecule has 0 amide bonds. The average Bonchev–Trinajstić information content (AvgIpc) is 3.94. The van der Waals surface area contributed by atoms with Crippen LogP contribution < -0.4 is 0 Å². The van der Waals surface area contributed by atoms with E-state index in [1.165, 1.54) is 49.0 Å². The van der Waals surface area contributed by atoms with E-state index in [4.69, 9.17) is 9.40 Å². The number of benzene rings is 9. The second kappa shape index (κ2) is 11.5. The Hall–Kier alpha value is -7.43. The maximum absolute atomic E-state index is 7.01. The third kappa shape index (κ3) is 4.25. The summed E-state index contributed by atoms with van der Waals surface area (Å²) in [4.78, 5) is 5.20. The summed E-state index contributed by atoms with van der Waals surface area (Å²) < 4.78 is 11.8. The molecule has 12 rings (SSSR count). The van der Waals surface area contributed by atoms with E-state index in [-0.39, 0.29) is 0 Å². The van der Waals surface area contributed by atoms with Gasteiger partial charge in [-0.1, -0.05) is 146 Å². The fraction of sp³-hybridized carbons (Fsp3) is 0. The largest absolute Gasteiger partial charge is 0.455 e. The van der Waals surface area contributed by atoms with Gasteiger partial charge in [-0.2, -0.15) is 0 Å². The lowest BCUT2D eigenvalue weighted by atomic mass is 9.89. The van der Waals surface area contributed by atoms with Gasteiger partial charge in [0.1, 0.15) is 17.0 Å². The molecule has 256 valence electrons. The summed E-state index contributed by atoms with van der Waals surface area (Å²) in [6, 6.07) is 67.0. The molecule has 0 aliphatic rings. The predicted octanol–water partition coefficient (Wildman–Crippen LogP) is 13.7. The van der Waals surface area contributed by atoms with Gasteiger partial charge in [0.2, 0.25) is 0 Å². The van der Waals surface area contributed by atoms with Crippen LogP contribution in [0.5, 0.6) is 0 Å². The Morgan fingerprint density at radius 1 is 0.400 bits per heavy atom. The Labute approximate surface area is 315 Å². The van der Waals surface area contributed by atoms with Gasteiger partial charge in [0, 0.05) is 43.6 Å². The fourth-order valence-electron chi connectivity index (χ4n) is 9.04. The lowest BCUT2D eigenvalue weighted by molar-refractivity contribution is 0.670. The highest BCUT2D eigenvalue weighted by molar-refractivity contribution is 6.24. The number of imidazole rings is 1. The van der Waals surface area contributed by atoms with E-state index in [9.17, 15) is 0 Å². The van der Waals surface area contributed by atoms with E-state index in [1.807, 2.05) is 6.07 Å². The Bertz CT molecular complexity index is 3380.